The number of fused-ring (bicyclic) bond motifs is 2. The van der Waals surface area contributed by atoms with E-state index >= 15 is 0 Å². The van der Waals surface area contributed by atoms with E-state index in [1.165, 1.54) is 4.90 Å². The van der Waals surface area contributed by atoms with Crippen LogP contribution in [0.15, 0.2) is 42.5 Å². The molecule has 0 unspecified atom stereocenters. The minimum atomic E-state index is -0.405. The molecule has 2 aliphatic rings. The maximum atomic E-state index is 12.8. The van der Waals surface area contributed by atoms with Gasteiger partial charge >= 0.3 is 6.03 Å². The summed E-state index contributed by atoms with van der Waals surface area (Å²) in [6.07, 6.45) is 0.573. The van der Waals surface area contributed by atoms with Crippen molar-refractivity contribution in [2.45, 2.75) is 25.6 Å². The van der Waals surface area contributed by atoms with E-state index in [0.717, 1.165) is 16.7 Å². The Morgan fingerprint density at radius 2 is 1.73 bits per heavy atom. The highest BCUT2D eigenvalue weighted by Crippen LogP contribution is 2.32. The number of methoxy groups -OCH3 is 2. The Morgan fingerprint density at radius 3 is 2.46 bits per heavy atom. The van der Waals surface area contributed by atoms with E-state index in [9.17, 15) is 9.59 Å². The van der Waals surface area contributed by atoms with E-state index in [-0.39, 0.29) is 18.5 Å². The van der Waals surface area contributed by atoms with Crippen LogP contribution in [0.3, 0.4) is 0 Å². The number of urea groups is 1. The molecule has 0 saturated carbocycles. The highest BCUT2D eigenvalue weighted by atomic mass is 16.5. The maximum absolute atomic E-state index is 12.8. The predicted molar refractivity (Wildman–Crippen MR) is 95.0 cm³/mol. The Kier molecular flexibility index (Phi) is 4.03. The highest BCUT2D eigenvalue weighted by Gasteiger charge is 2.46. The summed E-state index contributed by atoms with van der Waals surface area (Å²) < 4.78 is 10.5. The number of amides is 3. The summed E-state index contributed by atoms with van der Waals surface area (Å²) >= 11 is 0. The average molecular weight is 352 g/mol. The van der Waals surface area contributed by atoms with Crippen molar-refractivity contribution in [3.8, 4) is 11.5 Å². The van der Waals surface area contributed by atoms with Crippen LogP contribution >= 0.6 is 0 Å². The molecule has 2 aromatic carbocycles. The molecule has 0 bridgehead atoms. The summed E-state index contributed by atoms with van der Waals surface area (Å²) in [4.78, 5) is 28.7. The van der Waals surface area contributed by atoms with Crippen LogP contribution in [-0.2, 0) is 24.3 Å². The summed E-state index contributed by atoms with van der Waals surface area (Å²) in [5.41, 5.74) is 3.07. The topological polar surface area (TPSA) is 59.1 Å². The highest BCUT2D eigenvalue weighted by molar-refractivity contribution is 6.04. The monoisotopic (exact) mass is 352 g/mol. The van der Waals surface area contributed by atoms with Gasteiger partial charge in [-0.2, -0.15) is 0 Å². The smallest absolute Gasteiger partial charge is 0.328 e. The van der Waals surface area contributed by atoms with Gasteiger partial charge in [-0.1, -0.05) is 30.3 Å². The summed E-state index contributed by atoms with van der Waals surface area (Å²) in [6.45, 7) is 0.704. The minimum absolute atomic E-state index is 0.140. The van der Waals surface area contributed by atoms with Crippen molar-refractivity contribution >= 4 is 11.9 Å². The number of hydrogen-bond donors (Lipinski definition) is 0. The normalized spacial score (nSPS) is 18.6. The van der Waals surface area contributed by atoms with Gasteiger partial charge in [0.1, 0.15) is 6.04 Å². The molecule has 3 amide bonds. The fourth-order valence-electron chi connectivity index (χ4n) is 3.68. The lowest BCUT2D eigenvalue weighted by molar-refractivity contribution is -0.128. The molecule has 2 aromatic rings. The molecule has 2 aliphatic heterocycles. The third-order valence-corrected chi connectivity index (χ3v) is 5.06. The zero-order valence-corrected chi connectivity index (χ0v) is 14.8. The van der Waals surface area contributed by atoms with Crippen LogP contribution < -0.4 is 9.47 Å². The zero-order valence-electron chi connectivity index (χ0n) is 14.8. The summed E-state index contributed by atoms with van der Waals surface area (Å²) in [5.74, 6) is 1.05. The van der Waals surface area contributed by atoms with Crippen molar-refractivity contribution in [1.29, 1.82) is 0 Å². The molecule has 0 aromatic heterocycles. The van der Waals surface area contributed by atoms with Crippen LogP contribution in [0.4, 0.5) is 4.79 Å². The van der Waals surface area contributed by atoms with Crippen LogP contribution in [0.2, 0.25) is 0 Å². The van der Waals surface area contributed by atoms with Gasteiger partial charge in [-0.25, -0.2) is 4.79 Å². The predicted octanol–water partition coefficient (Wildman–Crippen LogP) is 2.59. The molecule has 1 fully saturated rings. The Morgan fingerprint density at radius 1 is 1.00 bits per heavy atom. The van der Waals surface area contributed by atoms with Crippen molar-refractivity contribution < 1.29 is 19.1 Å². The van der Waals surface area contributed by atoms with Gasteiger partial charge in [0, 0.05) is 13.0 Å². The van der Waals surface area contributed by atoms with Gasteiger partial charge in [0.2, 0.25) is 0 Å². The van der Waals surface area contributed by atoms with E-state index in [1.807, 2.05) is 30.3 Å². The van der Waals surface area contributed by atoms with Crippen LogP contribution in [0.1, 0.15) is 16.7 Å². The maximum Gasteiger partial charge on any atom is 0.328 e. The molecule has 0 spiro atoms. The number of rotatable bonds is 4. The fraction of sp³-hybridized carbons (Fsp3) is 0.300. The molecule has 2 heterocycles. The Bertz CT molecular complexity index is 837. The summed E-state index contributed by atoms with van der Waals surface area (Å²) in [6, 6.07) is 12.8. The Labute approximate surface area is 151 Å². The first-order valence-electron chi connectivity index (χ1n) is 8.52. The lowest BCUT2D eigenvalue weighted by Gasteiger charge is -2.28. The van der Waals surface area contributed by atoms with Gasteiger partial charge in [-0.3, -0.25) is 9.69 Å². The molecule has 26 heavy (non-hydrogen) atoms. The standard InChI is InChI=1S/C20H20N2O4/c1-25-17-8-7-13(9-18(17)26-2)11-22-19(23)16-10-14-5-3-4-6-15(14)12-21(16)20(22)24/h3-9,16H,10-12H2,1-2H3/t16-/m1/s1. The van der Waals surface area contributed by atoms with Crippen molar-refractivity contribution in [2.75, 3.05) is 14.2 Å². The third-order valence-electron chi connectivity index (χ3n) is 5.06. The Balaban J connectivity index is 1.58. The van der Waals surface area contributed by atoms with Gasteiger partial charge in [-0.05, 0) is 28.8 Å². The largest absolute Gasteiger partial charge is 0.493 e. The molecule has 0 radical (unpaired) electrons. The quantitative estimate of drug-likeness (QED) is 0.794. The lowest BCUT2D eigenvalue weighted by atomic mass is 9.95. The first-order chi connectivity index (χ1) is 12.6. The number of benzene rings is 2. The van der Waals surface area contributed by atoms with Gasteiger partial charge in [-0.15, -0.1) is 0 Å². The van der Waals surface area contributed by atoms with Crippen molar-refractivity contribution in [2.24, 2.45) is 0 Å². The van der Waals surface area contributed by atoms with Crippen molar-refractivity contribution in [3.05, 3.63) is 59.2 Å². The van der Waals surface area contributed by atoms with Crippen LogP contribution in [0.5, 0.6) is 11.5 Å². The number of carbonyl (C=O) groups excluding carboxylic acids is 2. The molecular weight excluding hydrogens is 332 g/mol. The van der Waals surface area contributed by atoms with Gasteiger partial charge in [0.05, 0.1) is 20.8 Å². The second kappa shape index (κ2) is 6.37. The first kappa shape index (κ1) is 16.4. The number of ether oxygens (including phenoxy) is 2. The van der Waals surface area contributed by atoms with Crippen molar-refractivity contribution in [1.82, 2.24) is 9.80 Å². The SMILES string of the molecule is COc1ccc(CN2C(=O)[C@H]3Cc4ccccc4CN3C2=O)cc1OC. The Hall–Kier alpha value is -3.02. The van der Waals surface area contributed by atoms with Gasteiger partial charge in [0.25, 0.3) is 5.91 Å². The molecule has 1 atom stereocenters. The van der Waals surface area contributed by atoms with Crippen molar-refractivity contribution in [3.63, 3.8) is 0 Å². The van der Waals surface area contributed by atoms with Gasteiger partial charge < -0.3 is 14.4 Å². The molecule has 134 valence electrons. The molecule has 4 rings (SSSR count). The van der Waals surface area contributed by atoms with E-state index in [2.05, 4.69) is 0 Å². The summed E-state index contributed by atoms with van der Waals surface area (Å²) in [7, 11) is 3.13. The average Bonchev–Trinajstić information content (AvgIpc) is 2.90. The molecule has 0 aliphatic carbocycles. The molecule has 6 heteroatoms. The fourth-order valence-corrected chi connectivity index (χ4v) is 3.68. The van der Waals surface area contributed by atoms with Gasteiger partial charge in [0.15, 0.2) is 11.5 Å². The van der Waals surface area contributed by atoms with E-state index < -0.39 is 6.04 Å². The molecule has 1 saturated heterocycles. The van der Waals surface area contributed by atoms with E-state index in [1.54, 1.807) is 31.3 Å². The van der Waals surface area contributed by atoms with Crippen LogP contribution in [0, 0.1) is 0 Å². The number of carbonyl (C=O) groups is 2. The van der Waals surface area contributed by atoms with Crippen LogP contribution in [0.25, 0.3) is 0 Å². The number of nitrogens with zero attached hydrogens (tertiary/aromatic N) is 2. The second-order valence-corrected chi connectivity index (χ2v) is 6.51. The van der Waals surface area contributed by atoms with Crippen LogP contribution in [-0.4, -0.2) is 42.0 Å². The second-order valence-electron chi connectivity index (χ2n) is 6.51. The van der Waals surface area contributed by atoms with E-state index in [0.29, 0.717) is 24.5 Å². The number of imide groups is 1. The molecular formula is C20H20N2O4. The third kappa shape index (κ3) is 2.58. The molecule has 6 nitrogen and oxygen atoms in total. The zero-order chi connectivity index (χ0) is 18.3. The minimum Gasteiger partial charge on any atom is -0.493 e. The lowest BCUT2D eigenvalue weighted by Crippen LogP contribution is -2.39. The van der Waals surface area contributed by atoms with E-state index in [4.69, 9.17) is 9.47 Å². The summed E-state index contributed by atoms with van der Waals surface area (Å²) in [5, 5.41) is 0. The molecule has 0 N–H and O–H groups in total. The number of hydrogen-bond acceptors (Lipinski definition) is 4. The first-order valence-corrected chi connectivity index (χ1v) is 8.52.